The van der Waals surface area contributed by atoms with Crippen molar-refractivity contribution in [3.8, 4) is 0 Å². The lowest BCUT2D eigenvalue weighted by Gasteiger charge is -2.29. The molecule has 0 saturated carbocycles. The molecular weight excluding hydrogens is 294 g/mol. The Bertz CT molecular complexity index is 523. The van der Waals surface area contributed by atoms with E-state index in [0.29, 0.717) is 12.3 Å². The first-order chi connectivity index (χ1) is 11.1. The zero-order valence-electron chi connectivity index (χ0n) is 13.8. The molecule has 0 radical (unpaired) electrons. The van der Waals surface area contributed by atoms with Gasteiger partial charge in [-0.15, -0.1) is 0 Å². The summed E-state index contributed by atoms with van der Waals surface area (Å²) in [5.41, 5.74) is 0. The van der Waals surface area contributed by atoms with Crippen LogP contribution in [0.4, 0.5) is 0 Å². The highest BCUT2D eigenvalue weighted by atomic mass is 16.4. The Hall–Kier alpha value is -1.37. The second-order valence-electron chi connectivity index (χ2n) is 6.86. The summed E-state index contributed by atoms with van der Waals surface area (Å²) in [6.45, 7) is 6.55. The van der Waals surface area contributed by atoms with E-state index in [9.17, 15) is 9.90 Å². The standard InChI is InChI=1S/C17H27N3O3/c1-12-5-8-20(9-6-12)11-13-2-3-16(23-13)17(22)19-14-4-7-18-10-15(14)21/h2-3,12,14-15,18,21H,4-11H2,1H3,(H,19,22)/t14-,15-/m1/s1. The number of aliphatic hydroxyl groups is 1. The number of hydrogen-bond donors (Lipinski definition) is 3. The topological polar surface area (TPSA) is 77.7 Å². The van der Waals surface area contributed by atoms with Crippen LogP contribution >= 0.6 is 0 Å². The van der Waals surface area contributed by atoms with Crippen molar-refractivity contribution in [3.63, 3.8) is 0 Å². The van der Waals surface area contributed by atoms with Crippen molar-refractivity contribution in [1.29, 1.82) is 0 Å². The average molecular weight is 321 g/mol. The summed E-state index contributed by atoms with van der Waals surface area (Å²) in [6.07, 6.45) is 2.63. The van der Waals surface area contributed by atoms with Crippen molar-refractivity contribution in [3.05, 3.63) is 23.7 Å². The second kappa shape index (κ2) is 7.47. The zero-order valence-corrected chi connectivity index (χ0v) is 13.8. The first-order valence-electron chi connectivity index (χ1n) is 8.62. The largest absolute Gasteiger partial charge is 0.455 e. The molecule has 3 N–H and O–H groups in total. The van der Waals surface area contributed by atoms with Crippen LogP contribution in [-0.2, 0) is 6.54 Å². The monoisotopic (exact) mass is 321 g/mol. The summed E-state index contributed by atoms with van der Waals surface area (Å²) < 4.78 is 5.70. The summed E-state index contributed by atoms with van der Waals surface area (Å²) in [7, 11) is 0. The molecule has 1 aromatic heterocycles. The van der Waals surface area contributed by atoms with Gasteiger partial charge in [0.2, 0.25) is 0 Å². The van der Waals surface area contributed by atoms with Gasteiger partial charge < -0.3 is 20.2 Å². The number of rotatable bonds is 4. The first-order valence-corrected chi connectivity index (χ1v) is 8.62. The van der Waals surface area contributed by atoms with Crippen LogP contribution in [0.15, 0.2) is 16.5 Å². The zero-order chi connectivity index (χ0) is 16.2. The summed E-state index contributed by atoms with van der Waals surface area (Å²) in [6, 6.07) is 3.40. The van der Waals surface area contributed by atoms with Crippen LogP contribution in [0.1, 0.15) is 42.5 Å². The fourth-order valence-electron chi connectivity index (χ4n) is 3.28. The number of nitrogens with zero attached hydrogens (tertiary/aromatic N) is 1. The number of likely N-dealkylation sites (tertiary alicyclic amines) is 1. The third kappa shape index (κ3) is 4.34. The van der Waals surface area contributed by atoms with E-state index in [1.54, 1.807) is 6.07 Å². The highest BCUT2D eigenvalue weighted by Crippen LogP contribution is 2.19. The van der Waals surface area contributed by atoms with Gasteiger partial charge >= 0.3 is 0 Å². The molecule has 6 nitrogen and oxygen atoms in total. The summed E-state index contributed by atoms with van der Waals surface area (Å²) >= 11 is 0. The fourth-order valence-corrected chi connectivity index (χ4v) is 3.28. The molecule has 0 bridgehead atoms. The number of hydrogen-bond acceptors (Lipinski definition) is 5. The predicted molar refractivity (Wildman–Crippen MR) is 87.1 cm³/mol. The third-order valence-electron chi connectivity index (χ3n) is 4.91. The van der Waals surface area contributed by atoms with Crippen LogP contribution < -0.4 is 10.6 Å². The van der Waals surface area contributed by atoms with E-state index in [1.165, 1.54) is 12.8 Å². The molecule has 2 fully saturated rings. The van der Waals surface area contributed by atoms with Crippen molar-refractivity contribution in [1.82, 2.24) is 15.5 Å². The van der Waals surface area contributed by atoms with Crippen LogP contribution in [-0.4, -0.2) is 54.2 Å². The van der Waals surface area contributed by atoms with Gasteiger partial charge in [-0.05, 0) is 56.9 Å². The molecule has 23 heavy (non-hydrogen) atoms. The van der Waals surface area contributed by atoms with E-state index >= 15 is 0 Å². The maximum absolute atomic E-state index is 12.3. The lowest BCUT2D eigenvalue weighted by Crippen LogP contribution is -2.52. The van der Waals surface area contributed by atoms with Crippen LogP contribution in [0.3, 0.4) is 0 Å². The lowest BCUT2D eigenvalue weighted by molar-refractivity contribution is 0.0740. The molecule has 2 aliphatic heterocycles. The number of nitrogens with one attached hydrogen (secondary N) is 2. The fraction of sp³-hybridized carbons (Fsp3) is 0.706. The minimum absolute atomic E-state index is 0.208. The number of carbonyl (C=O) groups is 1. The quantitative estimate of drug-likeness (QED) is 0.770. The van der Waals surface area contributed by atoms with Gasteiger partial charge in [-0.2, -0.15) is 0 Å². The van der Waals surface area contributed by atoms with Crippen LogP contribution in [0.25, 0.3) is 0 Å². The highest BCUT2D eigenvalue weighted by Gasteiger charge is 2.26. The number of furan rings is 1. The van der Waals surface area contributed by atoms with Gasteiger partial charge in [-0.25, -0.2) is 0 Å². The van der Waals surface area contributed by atoms with E-state index in [4.69, 9.17) is 4.42 Å². The van der Waals surface area contributed by atoms with Crippen molar-refractivity contribution in [2.75, 3.05) is 26.2 Å². The molecular formula is C17H27N3O3. The molecule has 6 heteroatoms. The number of piperidine rings is 2. The van der Waals surface area contributed by atoms with E-state index in [-0.39, 0.29) is 11.9 Å². The molecule has 0 spiro atoms. The van der Waals surface area contributed by atoms with Gasteiger partial charge in [0.05, 0.1) is 18.7 Å². The van der Waals surface area contributed by atoms with E-state index in [2.05, 4.69) is 22.5 Å². The highest BCUT2D eigenvalue weighted by molar-refractivity contribution is 5.91. The molecule has 1 amide bonds. The number of β-amino-alcohol motifs (C(OH)–C–C–N with tert-alkyl or cyclic N) is 1. The molecule has 0 aliphatic carbocycles. The minimum Gasteiger partial charge on any atom is -0.455 e. The Morgan fingerprint density at radius 1 is 1.39 bits per heavy atom. The van der Waals surface area contributed by atoms with Crippen molar-refractivity contribution >= 4 is 5.91 Å². The minimum atomic E-state index is -0.544. The van der Waals surface area contributed by atoms with E-state index in [1.807, 2.05) is 6.07 Å². The summed E-state index contributed by atoms with van der Waals surface area (Å²) in [5.74, 6) is 1.72. The molecule has 0 aromatic carbocycles. The summed E-state index contributed by atoms with van der Waals surface area (Å²) in [5, 5.41) is 15.9. The Balaban J connectivity index is 1.52. The smallest absolute Gasteiger partial charge is 0.287 e. The number of aliphatic hydroxyl groups excluding tert-OH is 1. The molecule has 128 valence electrons. The van der Waals surface area contributed by atoms with Crippen LogP contribution in [0.5, 0.6) is 0 Å². The van der Waals surface area contributed by atoms with Gasteiger partial charge in [-0.3, -0.25) is 9.69 Å². The Kier molecular flexibility index (Phi) is 5.35. The number of amides is 1. The van der Waals surface area contributed by atoms with Crippen molar-refractivity contribution < 1.29 is 14.3 Å². The maximum Gasteiger partial charge on any atom is 0.287 e. The Labute approximate surface area is 137 Å². The molecule has 0 unspecified atom stereocenters. The van der Waals surface area contributed by atoms with Gasteiger partial charge in [0.1, 0.15) is 5.76 Å². The van der Waals surface area contributed by atoms with Crippen LogP contribution in [0.2, 0.25) is 0 Å². The van der Waals surface area contributed by atoms with Crippen molar-refractivity contribution in [2.24, 2.45) is 5.92 Å². The lowest BCUT2D eigenvalue weighted by atomic mass is 9.99. The molecule has 2 saturated heterocycles. The summed E-state index contributed by atoms with van der Waals surface area (Å²) in [4.78, 5) is 14.6. The van der Waals surface area contributed by atoms with E-state index in [0.717, 1.165) is 44.3 Å². The maximum atomic E-state index is 12.3. The molecule has 2 atom stereocenters. The SMILES string of the molecule is CC1CCN(Cc2ccc(C(=O)N[C@@H]3CCNC[C@H]3O)o2)CC1. The number of carbonyl (C=O) groups excluding carboxylic acids is 1. The van der Waals surface area contributed by atoms with Crippen LogP contribution in [0, 0.1) is 5.92 Å². The van der Waals surface area contributed by atoms with Gasteiger partial charge in [0.15, 0.2) is 5.76 Å². The first kappa shape index (κ1) is 16.5. The molecule has 1 aromatic rings. The van der Waals surface area contributed by atoms with Crippen molar-refractivity contribution in [2.45, 2.75) is 44.9 Å². The molecule has 3 rings (SSSR count). The van der Waals surface area contributed by atoms with E-state index < -0.39 is 6.10 Å². The second-order valence-corrected chi connectivity index (χ2v) is 6.86. The normalized spacial score (nSPS) is 27.0. The molecule has 3 heterocycles. The molecule has 2 aliphatic rings. The average Bonchev–Trinajstić information content (AvgIpc) is 3.00. The Morgan fingerprint density at radius 2 is 2.17 bits per heavy atom. The van der Waals surface area contributed by atoms with Gasteiger partial charge in [-0.1, -0.05) is 6.92 Å². The van der Waals surface area contributed by atoms with Gasteiger partial charge in [0, 0.05) is 6.54 Å². The Morgan fingerprint density at radius 3 is 2.91 bits per heavy atom. The predicted octanol–water partition coefficient (Wildman–Crippen LogP) is 0.964. The third-order valence-corrected chi connectivity index (χ3v) is 4.91. The van der Waals surface area contributed by atoms with Gasteiger partial charge in [0.25, 0.3) is 5.91 Å².